The number of rotatable bonds is 9. The first kappa shape index (κ1) is 22.9. The Labute approximate surface area is 164 Å². The maximum Gasteiger partial charge on any atom is 0.339 e. The standard InChI is InChI=1S/C19H26N2O7/c1-6-21(7-2)18-16(17(24)13(20-18)11-14(22)26-5)12(19(25)28-9-4)10-15(23)27-8-3/h10-11,20H,6-9H2,1-5H3/b12-10-,13-11-. The van der Waals surface area contributed by atoms with E-state index in [1.807, 2.05) is 13.8 Å². The third kappa shape index (κ3) is 5.45. The van der Waals surface area contributed by atoms with Crippen LogP contribution in [0.15, 0.2) is 34.8 Å². The zero-order chi connectivity index (χ0) is 21.3. The van der Waals surface area contributed by atoms with Crippen molar-refractivity contribution in [1.29, 1.82) is 0 Å². The van der Waals surface area contributed by atoms with Gasteiger partial charge in [-0.1, -0.05) is 0 Å². The van der Waals surface area contributed by atoms with Gasteiger partial charge in [-0.15, -0.1) is 0 Å². The molecule has 1 aliphatic heterocycles. The molecule has 0 radical (unpaired) electrons. The monoisotopic (exact) mass is 394 g/mol. The molecule has 0 spiro atoms. The van der Waals surface area contributed by atoms with Crippen molar-refractivity contribution in [1.82, 2.24) is 10.2 Å². The number of ether oxygens (including phenoxy) is 3. The molecule has 0 aliphatic carbocycles. The van der Waals surface area contributed by atoms with Crippen LogP contribution < -0.4 is 5.32 Å². The van der Waals surface area contributed by atoms with Gasteiger partial charge >= 0.3 is 17.9 Å². The fourth-order valence-corrected chi connectivity index (χ4v) is 2.54. The number of methoxy groups -OCH3 is 1. The van der Waals surface area contributed by atoms with Crippen molar-refractivity contribution < 1.29 is 33.4 Å². The number of carbonyl (C=O) groups is 4. The number of hydrogen-bond donors (Lipinski definition) is 1. The van der Waals surface area contributed by atoms with Gasteiger partial charge in [-0.25, -0.2) is 14.4 Å². The van der Waals surface area contributed by atoms with Crippen molar-refractivity contribution >= 4 is 23.7 Å². The molecule has 0 amide bonds. The van der Waals surface area contributed by atoms with E-state index in [0.29, 0.717) is 18.9 Å². The predicted octanol–water partition coefficient (Wildman–Crippen LogP) is 0.822. The lowest BCUT2D eigenvalue weighted by Crippen LogP contribution is -2.30. The van der Waals surface area contributed by atoms with E-state index in [2.05, 4.69) is 10.1 Å². The molecule has 0 atom stereocenters. The molecular weight excluding hydrogens is 368 g/mol. The molecule has 154 valence electrons. The van der Waals surface area contributed by atoms with Gasteiger partial charge in [0.25, 0.3) is 0 Å². The summed E-state index contributed by atoms with van der Waals surface area (Å²) in [7, 11) is 1.18. The molecule has 9 nitrogen and oxygen atoms in total. The highest BCUT2D eigenvalue weighted by molar-refractivity contribution is 6.21. The lowest BCUT2D eigenvalue weighted by molar-refractivity contribution is -0.140. The summed E-state index contributed by atoms with van der Waals surface area (Å²) in [5.74, 6) is -2.69. The molecule has 0 aromatic rings. The maximum absolute atomic E-state index is 13.0. The molecule has 1 N–H and O–H groups in total. The number of hydrogen-bond acceptors (Lipinski definition) is 9. The van der Waals surface area contributed by atoms with Crippen LogP contribution >= 0.6 is 0 Å². The van der Waals surface area contributed by atoms with E-state index in [-0.39, 0.29) is 30.1 Å². The van der Waals surface area contributed by atoms with Crippen molar-refractivity contribution in [2.24, 2.45) is 0 Å². The molecule has 1 heterocycles. The zero-order valence-electron chi connectivity index (χ0n) is 16.8. The smallest absolute Gasteiger partial charge is 0.339 e. The van der Waals surface area contributed by atoms with Gasteiger partial charge in [-0.3, -0.25) is 4.79 Å². The Hall–Kier alpha value is -3.10. The van der Waals surface area contributed by atoms with E-state index in [1.165, 1.54) is 7.11 Å². The van der Waals surface area contributed by atoms with E-state index < -0.39 is 23.7 Å². The van der Waals surface area contributed by atoms with Gasteiger partial charge < -0.3 is 24.4 Å². The lowest BCUT2D eigenvalue weighted by atomic mass is 10.0. The van der Waals surface area contributed by atoms with Crippen LogP contribution in [0.2, 0.25) is 0 Å². The van der Waals surface area contributed by atoms with Gasteiger partial charge in [0.2, 0.25) is 5.78 Å². The first-order chi connectivity index (χ1) is 13.3. The summed E-state index contributed by atoms with van der Waals surface area (Å²) in [4.78, 5) is 50.8. The second-order valence-electron chi connectivity index (χ2n) is 5.46. The molecule has 0 aromatic heterocycles. The average molecular weight is 394 g/mol. The highest BCUT2D eigenvalue weighted by atomic mass is 16.5. The summed E-state index contributed by atoms with van der Waals surface area (Å²) in [6, 6.07) is 0. The molecule has 0 unspecified atom stereocenters. The Kier molecular flexibility index (Phi) is 8.94. The third-order valence-electron chi connectivity index (χ3n) is 3.82. The SMILES string of the molecule is CCOC(=O)/C=C(\C(=O)OCC)C1=C(N(CC)CC)N/C(=C\C(=O)OC)C1=O. The van der Waals surface area contributed by atoms with Crippen molar-refractivity contribution in [3.05, 3.63) is 34.8 Å². The summed E-state index contributed by atoms with van der Waals surface area (Å²) in [6.07, 6.45) is 1.92. The van der Waals surface area contributed by atoms with Crippen LogP contribution in [0.5, 0.6) is 0 Å². The largest absolute Gasteiger partial charge is 0.466 e. The number of ketones is 1. The molecule has 0 aromatic carbocycles. The molecular formula is C19H26N2O7. The first-order valence-electron chi connectivity index (χ1n) is 9.00. The van der Waals surface area contributed by atoms with Crippen LogP contribution in [-0.2, 0) is 33.4 Å². The fourth-order valence-electron chi connectivity index (χ4n) is 2.54. The highest BCUT2D eigenvalue weighted by Gasteiger charge is 2.36. The second kappa shape index (κ2) is 10.9. The van der Waals surface area contributed by atoms with Crippen LogP contribution in [0.25, 0.3) is 0 Å². The third-order valence-corrected chi connectivity index (χ3v) is 3.82. The van der Waals surface area contributed by atoms with E-state index >= 15 is 0 Å². The van der Waals surface area contributed by atoms with Crippen molar-refractivity contribution in [2.75, 3.05) is 33.4 Å². The van der Waals surface area contributed by atoms with Gasteiger partial charge in [-0.05, 0) is 27.7 Å². The summed E-state index contributed by atoms with van der Waals surface area (Å²) < 4.78 is 14.5. The van der Waals surface area contributed by atoms with Crippen LogP contribution in [0.3, 0.4) is 0 Å². The molecule has 0 fully saturated rings. The maximum atomic E-state index is 13.0. The molecule has 0 saturated heterocycles. The summed E-state index contributed by atoms with van der Waals surface area (Å²) in [5, 5.41) is 2.86. The molecule has 9 heteroatoms. The van der Waals surface area contributed by atoms with Gasteiger partial charge in [-0.2, -0.15) is 0 Å². The molecule has 0 bridgehead atoms. The molecule has 1 rings (SSSR count). The Bertz CT molecular complexity index is 731. The van der Waals surface area contributed by atoms with Gasteiger partial charge in [0.15, 0.2) is 0 Å². The highest BCUT2D eigenvalue weighted by Crippen LogP contribution is 2.28. The number of carbonyl (C=O) groups excluding carboxylic acids is 4. The second-order valence-corrected chi connectivity index (χ2v) is 5.46. The van der Waals surface area contributed by atoms with Gasteiger partial charge in [0.05, 0.1) is 43.2 Å². The Balaban J connectivity index is 3.60. The summed E-state index contributed by atoms with van der Waals surface area (Å²) in [6.45, 7) is 8.13. The zero-order valence-corrected chi connectivity index (χ0v) is 16.8. The van der Waals surface area contributed by atoms with Crippen LogP contribution in [-0.4, -0.2) is 62.0 Å². The van der Waals surface area contributed by atoms with Gasteiger partial charge in [0, 0.05) is 19.2 Å². The topological polar surface area (TPSA) is 111 Å². The number of nitrogens with one attached hydrogen (secondary N) is 1. The minimum Gasteiger partial charge on any atom is -0.466 e. The van der Waals surface area contributed by atoms with E-state index in [9.17, 15) is 19.2 Å². The van der Waals surface area contributed by atoms with Crippen molar-refractivity contribution in [3.8, 4) is 0 Å². The normalized spacial score (nSPS) is 15.4. The van der Waals surface area contributed by atoms with Crippen LogP contribution in [0.4, 0.5) is 0 Å². The molecule has 1 aliphatic rings. The minimum atomic E-state index is -0.843. The minimum absolute atomic E-state index is 0.0549. The van der Waals surface area contributed by atoms with Crippen LogP contribution in [0, 0.1) is 0 Å². The number of allylic oxidation sites excluding steroid dienone is 1. The van der Waals surface area contributed by atoms with E-state index in [0.717, 1.165) is 12.2 Å². The van der Waals surface area contributed by atoms with Crippen molar-refractivity contribution in [3.63, 3.8) is 0 Å². The van der Waals surface area contributed by atoms with Crippen LogP contribution in [0.1, 0.15) is 27.7 Å². The number of Topliss-reactive ketones (excluding diaryl/α,β-unsaturated/α-hetero) is 1. The number of esters is 3. The predicted molar refractivity (Wildman–Crippen MR) is 99.5 cm³/mol. The molecule has 0 saturated carbocycles. The molecule has 28 heavy (non-hydrogen) atoms. The Morgan fingerprint density at radius 2 is 1.61 bits per heavy atom. The van der Waals surface area contributed by atoms with Crippen molar-refractivity contribution in [2.45, 2.75) is 27.7 Å². The Morgan fingerprint density at radius 3 is 2.11 bits per heavy atom. The van der Waals surface area contributed by atoms with E-state index in [1.54, 1.807) is 18.7 Å². The number of nitrogens with zero attached hydrogens (tertiary/aromatic N) is 1. The summed E-state index contributed by atoms with van der Waals surface area (Å²) in [5.41, 5.74) is -0.374. The van der Waals surface area contributed by atoms with Gasteiger partial charge in [0.1, 0.15) is 5.82 Å². The quantitative estimate of drug-likeness (QED) is 0.345. The lowest BCUT2D eigenvalue weighted by Gasteiger charge is -2.23. The fraction of sp³-hybridized carbons (Fsp3) is 0.474. The summed E-state index contributed by atoms with van der Waals surface area (Å²) >= 11 is 0. The first-order valence-corrected chi connectivity index (χ1v) is 9.00. The average Bonchev–Trinajstić information content (AvgIpc) is 2.97. The van der Waals surface area contributed by atoms with E-state index in [4.69, 9.17) is 9.47 Å². The Morgan fingerprint density at radius 1 is 1.00 bits per heavy atom.